The van der Waals surface area contributed by atoms with Crippen molar-refractivity contribution in [3.8, 4) is 5.75 Å². The molecule has 2 amide bonds. The molecule has 0 spiro atoms. The van der Waals surface area contributed by atoms with Crippen LogP contribution in [0.25, 0.3) is 0 Å². The Hall–Kier alpha value is -4.06. The molecule has 0 aromatic heterocycles. The maximum atomic E-state index is 12.4. The molecular formula is C26H32ClN3O9. The third kappa shape index (κ3) is 11.1. The molecular weight excluding hydrogens is 534 g/mol. The zero-order valence-corrected chi connectivity index (χ0v) is 22.9. The number of rotatable bonds is 12. The number of esters is 1. The summed E-state index contributed by atoms with van der Waals surface area (Å²) in [6, 6.07) is 10.8. The van der Waals surface area contributed by atoms with Gasteiger partial charge in [0.2, 0.25) is 0 Å². The predicted molar refractivity (Wildman–Crippen MR) is 142 cm³/mol. The smallest absolute Gasteiger partial charge is 0.407 e. The van der Waals surface area contributed by atoms with Crippen LogP contribution in [-0.4, -0.2) is 55.0 Å². The molecule has 1 atom stereocenters. The van der Waals surface area contributed by atoms with E-state index in [1.807, 2.05) is 30.3 Å². The fourth-order valence-corrected chi connectivity index (χ4v) is 3.46. The molecule has 1 unspecified atom stereocenters. The lowest BCUT2D eigenvalue weighted by molar-refractivity contribution is -0.384. The van der Waals surface area contributed by atoms with Crippen molar-refractivity contribution >= 4 is 35.4 Å². The van der Waals surface area contributed by atoms with Gasteiger partial charge in [0.15, 0.2) is 5.02 Å². The van der Waals surface area contributed by atoms with Gasteiger partial charge in [-0.15, -0.1) is 0 Å². The van der Waals surface area contributed by atoms with Gasteiger partial charge in [-0.3, -0.25) is 10.1 Å². The van der Waals surface area contributed by atoms with Crippen molar-refractivity contribution in [2.24, 2.45) is 0 Å². The van der Waals surface area contributed by atoms with Gasteiger partial charge < -0.3 is 29.6 Å². The molecule has 0 fully saturated rings. The van der Waals surface area contributed by atoms with Gasteiger partial charge >= 0.3 is 18.2 Å². The minimum Gasteiger partial charge on any atom is -0.490 e. The summed E-state index contributed by atoms with van der Waals surface area (Å²) in [4.78, 5) is 47.0. The fraction of sp³-hybridized carbons (Fsp3) is 0.423. The lowest BCUT2D eigenvalue weighted by Crippen LogP contribution is -2.42. The normalized spacial score (nSPS) is 11.6. The number of alkyl carbamates (subject to hydrolysis) is 2. The zero-order valence-electron chi connectivity index (χ0n) is 22.2. The Morgan fingerprint density at radius 3 is 2.41 bits per heavy atom. The quantitative estimate of drug-likeness (QED) is 0.119. The van der Waals surface area contributed by atoms with E-state index in [0.29, 0.717) is 12.8 Å². The van der Waals surface area contributed by atoms with Crippen molar-refractivity contribution in [3.63, 3.8) is 0 Å². The average Bonchev–Trinajstić information content (AvgIpc) is 2.87. The van der Waals surface area contributed by atoms with E-state index in [2.05, 4.69) is 15.4 Å². The van der Waals surface area contributed by atoms with Gasteiger partial charge in [-0.2, -0.15) is 0 Å². The van der Waals surface area contributed by atoms with E-state index in [9.17, 15) is 24.5 Å². The van der Waals surface area contributed by atoms with Crippen molar-refractivity contribution in [3.05, 3.63) is 68.7 Å². The number of benzene rings is 2. The molecule has 2 aromatic carbocycles. The molecule has 0 radical (unpaired) electrons. The molecule has 12 nitrogen and oxygen atoms in total. The number of carbonyl (C=O) groups is 3. The maximum absolute atomic E-state index is 12.4. The highest BCUT2D eigenvalue weighted by Gasteiger charge is 2.24. The van der Waals surface area contributed by atoms with Gasteiger partial charge in [-0.05, 0) is 45.2 Å². The molecule has 2 aromatic rings. The van der Waals surface area contributed by atoms with Crippen LogP contribution in [0.4, 0.5) is 15.3 Å². The van der Waals surface area contributed by atoms with Crippen LogP contribution < -0.4 is 15.4 Å². The summed E-state index contributed by atoms with van der Waals surface area (Å²) in [5.74, 6) is -0.946. The highest BCUT2D eigenvalue weighted by Crippen LogP contribution is 2.35. The number of amides is 2. The van der Waals surface area contributed by atoms with Crippen LogP contribution in [0, 0.1) is 10.1 Å². The number of hydrogen-bond acceptors (Lipinski definition) is 9. The fourth-order valence-electron chi connectivity index (χ4n) is 3.23. The lowest BCUT2D eigenvalue weighted by atomic mass is 10.1. The minimum absolute atomic E-state index is 0.126. The molecule has 0 aliphatic heterocycles. The first-order chi connectivity index (χ1) is 18.4. The molecule has 2 rings (SSSR count). The third-order valence-corrected chi connectivity index (χ3v) is 5.39. The van der Waals surface area contributed by atoms with E-state index in [1.54, 1.807) is 20.8 Å². The van der Waals surface area contributed by atoms with Gasteiger partial charge in [-0.25, -0.2) is 14.4 Å². The molecule has 212 valence electrons. The summed E-state index contributed by atoms with van der Waals surface area (Å²) < 4.78 is 20.8. The monoisotopic (exact) mass is 565 g/mol. The number of methoxy groups -OCH3 is 1. The first-order valence-corrected chi connectivity index (χ1v) is 12.4. The van der Waals surface area contributed by atoms with Gasteiger partial charge in [0.25, 0.3) is 5.69 Å². The Labute approximate surface area is 231 Å². The molecule has 39 heavy (non-hydrogen) atoms. The molecule has 0 aliphatic rings. The first kappa shape index (κ1) is 31.2. The summed E-state index contributed by atoms with van der Waals surface area (Å²) in [5, 5.41) is 16.4. The van der Waals surface area contributed by atoms with Crippen molar-refractivity contribution in [1.29, 1.82) is 0 Å². The van der Waals surface area contributed by atoms with Crippen molar-refractivity contribution in [1.82, 2.24) is 10.6 Å². The first-order valence-electron chi connectivity index (χ1n) is 12.0. The van der Waals surface area contributed by atoms with Crippen LogP contribution in [-0.2, 0) is 20.8 Å². The van der Waals surface area contributed by atoms with Crippen LogP contribution in [0.3, 0.4) is 0 Å². The van der Waals surface area contributed by atoms with Crippen LogP contribution in [0.5, 0.6) is 5.75 Å². The van der Waals surface area contributed by atoms with Gasteiger partial charge in [0, 0.05) is 12.6 Å². The Balaban J connectivity index is 2.02. The van der Waals surface area contributed by atoms with E-state index in [1.165, 1.54) is 6.07 Å². The number of carbonyl (C=O) groups excluding carboxylic acids is 3. The van der Waals surface area contributed by atoms with Crippen LogP contribution >= 0.6 is 11.6 Å². The second-order valence-corrected chi connectivity index (χ2v) is 9.72. The molecule has 0 heterocycles. The predicted octanol–water partition coefficient (Wildman–Crippen LogP) is 5.01. The summed E-state index contributed by atoms with van der Waals surface area (Å²) in [5.41, 5.74) is -0.567. The Morgan fingerprint density at radius 2 is 1.79 bits per heavy atom. The largest absolute Gasteiger partial charge is 0.490 e. The maximum Gasteiger partial charge on any atom is 0.407 e. The average molecular weight is 566 g/mol. The number of ether oxygens (including phenoxy) is 4. The van der Waals surface area contributed by atoms with E-state index in [0.717, 1.165) is 18.7 Å². The van der Waals surface area contributed by atoms with Crippen molar-refractivity contribution in [2.45, 2.75) is 51.9 Å². The number of halogens is 1. The SMILES string of the molecule is COC(=O)c1cc(OCC(CCCNC(=O)OCc2ccccc2)NC(=O)OC(C)(C)C)c(Cl)c([N+](=O)[O-])c1. The highest BCUT2D eigenvalue weighted by atomic mass is 35.5. The minimum atomic E-state index is -0.812. The van der Waals surface area contributed by atoms with E-state index >= 15 is 0 Å². The summed E-state index contributed by atoms with van der Waals surface area (Å²) in [7, 11) is 1.13. The van der Waals surface area contributed by atoms with E-state index < -0.39 is 40.4 Å². The molecule has 0 aliphatic carbocycles. The van der Waals surface area contributed by atoms with Gasteiger partial charge in [-0.1, -0.05) is 41.9 Å². The van der Waals surface area contributed by atoms with E-state index in [4.69, 9.17) is 25.8 Å². The molecule has 0 saturated heterocycles. The second kappa shape index (κ2) is 14.8. The highest BCUT2D eigenvalue weighted by molar-refractivity contribution is 6.34. The topological polar surface area (TPSA) is 155 Å². The molecule has 13 heteroatoms. The van der Waals surface area contributed by atoms with Crippen LogP contribution in [0.2, 0.25) is 5.02 Å². The number of nitro groups is 1. The number of hydrogen-bond donors (Lipinski definition) is 2. The lowest BCUT2D eigenvalue weighted by Gasteiger charge is -2.24. The number of nitrogens with zero attached hydrogens (tertiary/aromatic N) is 1. The Morgan fingerprint density at radius 1 is 1.10 bits per heavy atom. The molecule has 2 N–H and O–H groups in total. The third-order valence-electron chi connectivity index (χ3n) is 5.01. The molecule has 0 saturated carbocycles. The summed E-state index contributed by atoms with van der Waals surface area (Å²) in [6.45, 7) is 5.32. The van der Waals surface area contributed by atoms with Crippen molar-refractivity contribution in [2.75, 3.05) is 20.3 Å². The second-order valence-electron chi connectivity index (χ2n) is 9.34. The molecule has 0 bridgehead atoms. The van der Waals surface area contributed by atoms with Gasteiger partial charge in [0.1, 0.15) is 24.6 Å². The zero-order chi connectivity index (χ0) is 29.0. The van der Waals surface area contributed by atoms with Crippen LogP contribution in [0.1, 0.15) is 49.5 Å². The number of nitro benzene ring substituents is 1. The van der Waals surface area contributed by atoms with E-state index in [-0.39, 0.29) is 36.1 Å². The van der Waals surface area contributed by atoms with Gasteiger partial charge in [0.05, 0.1) is 23.6 Å². The Kier molecular flexibility index (Phi) is 11.8. The summed E-state index contributed by atoms with van der Waals surface area (Å²) >= 11 is 6.14. The standard InChI is InChI=1S/C26H32ClN3O9/c1-26(2,3)39-25(33)29-19(11-8-12-28-24(32)38-15-17-9-6-5-7-10-17)16-37-21-14-18(23(31)36-4)13-20(22(21)27)30(34)35/h5-7,9-10,13-14,19H,8,11-12,15-16H2,1-4H3,(H,28,32)(H,29,33). The Bertz CT molecular complexity index is 1150. The van der Waals surface area contributed by atoms with Crippen LogP contribution in [0.15, 0.2) is 42.5 Å². The van der Waals surface area contributed by atoms with Crippen molar-refractivity contribution < 1.29 is 38.3 Å². The summed E-state index contributed by atoms with van der Waals surface area (Å²) in [6.07, 6.45) is -0.549. The number of nitrogens with one attached hydrogen (secondary N) is 2.